The summed E-state index contributed by atoms with van der Waals surface area (Å²) in [7, 11) is 0. The lowest BCUT2D eigenvalue weighted by atomic mass is 10.2. The van der Waals surface area contributed by atoms with Gasteiger partial charge in [0.05, 0.1) is 0 Å². The molecule has 0 saturated carbocycles. The molecule has 0 spiro atoms. The van der Waals surface area contributed by atoms with Gasteiger partial charge in [0.1, 0.15) is 17.2 Å². The largest absolute Gasteiger partial charge is 0.487 e. The Morgan fingerprint density at radius 1 is 0.903 bits per heavy atom. The highest BCUT2D eigenvalue weighted by Gasteiger charge is 2.28. The number of nitrogens with zero attached hydrogens (tertiary/aromatic N) is 2. The van der Waals surface area contributed by atoms with Crippen LogP contribution in [0.1, 0.15) is 28.6 Å². The zero-order valence-corrected chi connectivity index (χ0v) is 18.4. The number of rotatable bonds is 6. The maximum Gasteiger partial charge on any atom is 0.267 e. The zero-order valence-electron chi connectivity index (χ0n) is 17.6. The topological polar surface area (TPSA) is 49.9 Å². The molecular formula is C25H26N2O3S. The van der Waals surface area contributed by atoms with E-state index >= 15 is 0 Å². The number of ether oxygens (including phenoxy) is 1. The Labute approximate surface area is 186 Å². The van der Waals surface area contributed by atoms with Gasteiger partial charge in [-0.25, -0.2) is 0 Å². The van der Waals surface area contributed by atoms with Gasteiger partial charge in [0.15, 0.2) is 0 Å². The summed E-state index contributed by atoms with van der Waals surface area (Å²) in [6.07, 6.45) is 0.497. The summed E-state index contributed by atoms with van der Waals surface area (Å²) in [5, 5.41) is 0. The van der Waals surface area contributed by atoms with Gasteiger partial charge in [0.2, 0.25) is 5.91 Å². The molecule has 2 amide bonds. The van der Waals surface area contributed by atoms with Crippen LogP contribution in [0, 0.1) is 0 Å². The molecule has 1 aliphatic heterocycles. The quantitative estimate of drug-likeness (QED) is 0.566. The minimum Gasteiger partial charge on any atom is -0.487 e. The number of carbonyl (C=O) groups excluding carboxylic acids is 2. The highest BCUT2D eigenvalue weighted by molar-refractivity contribution is 7.17. The summed E-state index contributed by atoms with van der Waals surface area (Å²) >= 11 is 1.46. The summed E-state index contributed by atoms with van der Waals surface area (Å²) in [6.45, 7) is 4.52. The van der Waals surface area contributed by atoms with Gasteiger partial charge in [-0.3, -0.25) is 9.59 Å². The van der Waals surface area contributed by atoms with Gasteiger partial charge in [-0.2, -0.15) is 0 Å². The Hall–Kier alpha value is -3.12. The molecule has 160 valence electrons. The predicted octanol–water partition coefficient (Wildman–Crippen LogP) is 4.69. The van der Waals surface area contributed by atoms with Crippen molar-refractivity contribution in [3.8, 4) is 16.2 Å². The van der Waals surface area contributed by atoms with E-state index in [9.17, 15) is 9.59 Å². The Morgan fingerprint density at radius 2 is 1.52 bits per heavy atom. The van der Waals surface area contributed by atoms with Crippen molar-refractivity contribution in [1.82, 2.24) is 9.80 Å². The van der Waals surface area contributed by atoms with E-state index in [1.54, 1.807) is 0 Å². The third-order valence-electron chi connectivity index (χ3n) is 5.41. The van der Waals surface area contributed by atoms with Crippen LogP contribution in [0.25, 0.3) is 10.4 Å². The van der Waals surface area contributed by atoms with Crippen molar-refractivity contribution in [3.63, 3.8) is 0 Å². The van der Waals surface area contributed by atoms with Crippen molar-refractivity contribution < 1.29 is 14.3 Å². The molecule has 1 aliphatic rings. The standard InChI is InChI=1S/C25H26N2O3S/c1-2-23(28)26-13-15-27(16-14-26)25(29)24-21(30-18-19-9-5-3-6-10-19)17-22(31-24)20-11-7-4-8-12-20/h3-12,17H,2,13-16,18H2,1H3. The van der Waals surface area contributed by atoms with Gasteiger partial charge in [0, 0.05) is 37.5 Å². The van der Waals surface area contributed by atoms with E-state index in [0.29, 0.717) is 49.8 Å². The van der Waals surface area contributed by atoms with E-state index in [4.69, 9.17) is 4.74 Å². The first-order chi connectivity index (χ1) is 15.2. The number of hydrogen-bond acceptors (Lipinski definition) is 4. The van der Waals surface area contributed by atoms with Crippen LogP contribution in [-0.2, 0) is 11.4 Å². The molecule has 2 aromatic carbocycles. The molecule has 5 nitrogen and oxygen atoms in total. The molecule has 1 saturated heterocycles. The molecule has 0 N–H and O–H groups in total. The lowest BCUT2D eigenvalue weighted by Gasteiger charge is -2.34. The van der Waals surface area contributed by atoms with E-state index < -0.39 is 0 Å². The van der Waals surface area contributed by atoms with Crippen LogP contribution in [0.3, 0.4) is 0 Å². The molecule has 0 aliphatic carbocycles. The van der Waals surface area contributed by atoms with Gasteiger partial charge >= 0.3 is 0 Å². The summed E-state index contributed by atoms with van der Waals surface area (Å²) in [5.41, 5.74) is 2.12. The predicted molar refractivity (Wildman–Crippen MR) is 123 cm³/mol. The second kappa shape index (κ2) is 9.79. The highest BCUT2D eigenvalue weighted by atomic mass is 32.1. The monoisotopic (exact) mass is 434 g/mol. The normalized spacial score (nSPS) is 13.8. The minimum atomic E-state index is -0.0289. The molecule has 6 heteroatoms. The van der Waals surface area contributed by atoms with Crippen molar-refractivity contribution in [2.45, 2.75) is 20.0 Å². The summed E-state index contributed by atoms with van der Waals surface area (Å²) < 4.78 is 6.11. The Balaban J connectivity index is 1.55. The molecular weight excluding hydrogens is 408 g/mol. The average molecular weight is 435 g/mol. The fraction of sp³-hybridized carbons (Fsp3) is 0.280. The molecule has 0 bridgehead atoms. The van der Waals surface area contributed by atoms with E-state index in [0.717, 1.165) is 16.0 Å². The van der Waals surface area contributed by atoms with Crippen LogP contribution in [0.5, 0.6) is 5.75 Å². The first-order valence-electron chi connectivity index (χ1n) is 10.6. The van der Waals surface area contributed by atoms with Gasteiger partial charge in [-0.15, -0.1) is 11.3 Å². The van der Waals surface area contributed by atoms with Crippen molar-refractivity contribution in [2.75, 3.05) is 26.2 Å². The number of hydrogen-bond donors (Lipinski definition) is 0. The third kappa shape index (κ3) is 4.97. The number of benzene rings is 2. The van der Waals surface area contributed by atoms with Crippen molar-refractivity contribution >= 4 is 23.2 Å². The molecule has 3 aromatic rings. The fourth-order valence-corrected chi connectivity index (χ4v) is 4.71. The van der Waals surface area contributed by atoms with E-state index in [1.807, 2.05) is 83.5 Å². The van der Waals surface area contributed by atoms with Crippen LogP contribution in [0.4, 0.5) is 0 Å². The maximum absolute atomic E-state index is 13.4. The molecule has 1 aromatic heterocycles. The molecule has 2 heterocycles. The van der Waals surface area contributed by atoms with Crippen LogP contribution >= 0.6 is 11.3 Å². The Bertz CT molecular complexity index is 1030. The van der Waals surface area contributed by atoms with Crippen LogP contribution in [0.15, 0.2) is 66.7 Å². The van der Waals surface area contributed by atoms with Gasteiger partial charge < -0.3 is 14.5 Å². The van der Waals surface area contributed by atoms with E-state index in [1.165, 1.54) is 11.3 Å². The summed E-state index contributed by atoms with van der Waals surface area (Å²) in [4.78, 5) is 30.6. The second-order valence-electron chi connectivity index (χ2n) is 7.47. The van der Waals surface area contributed by atoms with E-state index in [-0.39, 0.29) is 11.8 Å². The van der Waals surface area contributed by atoms with Crippen LogP contribution in [0.2, 0.25) is 0 Å². The average Bonchev–Trinajstić information content (AvgIpc) is 3.27. The third-order valence-corrected chi connectivity index (χ3v) is 6.56. The number of piperazine rings is 1. The highest BCUT2D eigenvalue weighted by Crippen LogP contribution is 2.37. The second-order valence-corrected chi connectivity index (χ2v) is 8.52. The van der Waals surface area contributed by atoms with Gasteiger partial charge in [-0.05, 0) is 17.2 Å². The van der Waals surface area contributed by atoms with Crippen LogP contribution in [-0.4, -0.2) is 47.8 Å². The van der Waals surface area contributed by atoms with Crippen molar-refractivity contribution in [3.05, 3.63) is 77.2 Å². The molecule has 1 fully saturated rings. The summed E-state index contributed by atoms with van der Waals surface area (Å²) in [6, 6.07) is 21.9. The molecule has 0 unspecified atom stereocenters. The van der Waals surface area contributed by atoms with Crippen LogP contribution < -0.4 is 4.74 Å². The first-order valence-corrected chi connectivity index (χ1v) is 11.4. The summed E-state index contributed by atoms with van der Waals surface area (Å²) in [5.74, 6) is 0.727. The lowest BCUT2D eigenvalue weighted by molar-refractivity contribution is -0.132. The molecule has 4 rings (SSSR count). The minimum absolute atomic E-state index is 0.0289. The number of carbonyl (C=O) groups is 2. The molecule has 31 heavy (non-hydrogen) atoms. The SMILES string of the molecule is CCC(=O)N1CCN(C(=O)c2sc(-c3ccccc3)cc2OCc2ccccc2)CC1. The first kappa shape index (κ1) is 21.1. The smallest absolute Gasteiger partial charge is 0.267 e. The Morgan fingerprint density at radius 3 is 2.16 bits per heavy atom. The maximum atomic E-state index is 13.4. The van der Waals surface area contributed by atoms with Gasteiger partial charge in [-0.1, -0.05) is 67.6 Å². The van der Waals surface area contributed by atoms with Crippen molar-refractivity contribution in [2.24, 2.45) is 0 Å². The Kier molecular flexibility index (Phi) is 6.67. The number of thiophene rings is 1. The number of amides is 2. The fourth-order valence-electron chi connectivity index (χ4n) is 3.64. The lowest BCUT2D eigenvalue weighted by Crippen LogP contribution is -2.50. The molecule has 0 radical (unpaired) electrons. The van der Waals surface area contributed by atoms with Gasteiger partial charge in [0.25, 0.3) is 5.91 Å². The van der Waals surface area contributed by atoms with Crippen molar-refractivity contribution in [1.29, 1.82) is 0 Å². The molecule has 0 atom stereocenters. The van der Waals surface area contributed by atoms with E-state index in [2.05, 4.69) is 0 Å². The zero-order chi connectivity index (χ0) is 21.6.